The second-order valence-corrected chi connectivity index (χ2v) is 9.29. The maximum atomic E-state index is 13.6. The van der Waals surface area contributed by atoms with Crippen molar-refractivity contribution in [2.24, 2.45) is 0 Å². The molecule has 0 radical (unpaired) electrons. The molecule has 0 saturated heterocycles. The number of aryl methyl sites for hydroxylation is 1. The molecule has 0 aliphatic rings. The minimum atomic E-state index is -4.06. The van der Waals surface area contributed by atoms with Crippen LogP contribution in [0.1, 0.15) is 26.9 Å². The van der Waals surface area contributed by atoms with E-state index in [1.807, 2.05) is 0 Å². The average molecular weight is 455 g/mol. The first-order valence-corrected chi connectivity index (χ1v) is 11.2. The Labute approximate surface area is 182 Å². The van der Waals surface area contributed by atoms with Gasteiger partial charge in [-0.3, -0.25) is 4.79 Å². The number of carbonyl (C=O) groups is 1. The number of para-hydroxylation sites is 1. The molecular weight excluding hydrogens is 437 g/mol. The minimum Gasteiger partial charge on any atom is -0.468 e. The number of hydrogen-bond acceptors (Lipinski definition) is 6. The van der Waals surface area contributed by atoms with Crippen molar-refractivity contribution in [2.75, 3.05) is 6.54 Å². The van der Waals surface area contributed by atoms with E-state index < -0.39 is 32.4 Å². The molecule has 164 valence electrons. The summed E-state index contributed by atoms with van der Waals surface area (Å²) in [7, 11) is -4.06. The number of halogens is 1. The third-order valence-corrected chi connectivity index (χ3v) is 7.09. The predicted octanol–water partition coefficient (Wildman–Crippen LogP) is 3.78. The van der Waals surface area contributed by atoms with Gasteiger partial charge in [0.25, 0.3) is 5.91 Å². The van der Waals surface area contributed by atoms with Gasteiger partial charge in [0.05, 0.1) is 11.2 Å². The highest BCUT2D eigenvalue weighted by atomic mass is 32.2. The molecule has 2 heterocycles. The van der Waals surface area contributed by atoms with Crippen LogP contribution < -0.4 is 10.9 Å². The number of nitrogens with one attached hydrogen (secondary N) is 1. The first kappa shape index (κ1) is 21.5. The van der Waals surface area contributed by atoms with Gasteiger partial charge >= 0.3 is 5.63 Å². The van der Waals surface area contributed by atoms with Crippen molar-refractivity contribution >= 4 is 26.7 Å². The molecule has 0 fully saturated rings. The number of amides is 1. The van der Waals surface area contributed by atoms with Gasteiger partial charge in [-0.05, 0) is 55.0 Å². The Hall–Kier alpha value is -3.72. The molecule has 0 spiro atoms. The Morgan fingerprint density at radius 2 is 1.88 bits per heavy atom. The number of rotatable bonds is 6. The van der Waals surface area contributed by atoms with E-state index in [9.17, 15) is 22.4 Å². The molecule has 9 heteroatoms. The lowest BCUT2D eigenvalue weighted by molar-refractivity contribution is 0.0949. The largest absolute Gasteiger partial charge is 0.468 e. The monoisotopic (exact) mass is 455 g/mol. The summed E-state index contributed by atoms with van der Waals surface area (Å²) in [6.07, 6.45) is 1.31. The van der Waals surface area contributed by atoms with E-state index in [0.717, 1.165) is 12.1 Å². The summed E-state index contributed by atoms with van der Waals surface area (Å²) in [5.41, 5.74) is -0.594. The van der Waals surface area contributed by atoms with Crippen LogP contribution in [0.4, 0.5) is 4.39 Å². The first-order chi connectivity index (χ1) is 15.3. The van der Waals surface area contributed by atoms with Gasteiger partial charge in [-0.25, -0.2) is 17.6 Å². The number of carbonyl (C=O) groups excluding carboxylic acids is 1. The smallest absolute Gasteiger partial charge is 0.349 e. The van der Waals surface area contributed by atoms with Crippen molar-refractivity contribution < 1.29 is 26.4 Å². The molecule has 1 amide bonds. The molecule has 2 aromatic carbocycles. The summed E-state index contributed by atoms with van der Waals surface area (Å²) in [6, 6.07) is 14.5. The number of furan rings is 1. The van der Waals surface area contributed by atoms with Gasteiger partial charge < -0.3 is 14.2 Å². The molecule has 2 aromatic heterocycles. The molecule has 0 aliphatic heterocycles. The Morgan fingerprint density at radius 3 is 2.59 bits per heavy atom. The zero-order valence-electron chi connectivity index (χ0n) is 16.9. The number of fused-ring (bicyclic) bond motifs is 1. The zero-order chi connectivity index (χ0) is 22.9. The Kier molecular flexibility index (Phi) is 5.67. The molecule has 0 aliphatic carbocycles. The quantitative estimate of drug-likeness (QED) is 0.350. The van der Waals surface area contributed by atoms with Crippen molar-refractivity contribution in [3.05, 3.63) is 100 Å². The predicted molar refractivity (Wildman–Crippen MR) is 115 cm³/mol. The normalized spacial score (nSPS) is 12.6. The van der Waals surface area contributed by atoms with Gasteiger partial charge in [0, 0.05) is 11.9 Å². The molecule has 4 rings (SSSR count). The number of sulfone groups is 1. The van der Waals surface area contributed by atoms with Gasteiger partial charge in [0.2, 0.25) is 0 Å². The average Bonchev–Trinajstić information content (AvgIpc) is 3.29. The van der Waals surface area contributed by atoms with Crippen LogP contribution in [-0.2, 0) is 9.84 Å². The van der Waals surface area contributed by atoms with E-state index in [0.29, 0.717) is 11.0 Å². The molecule has 0 saturated carbocycles. The molecule has 32 heavy (non-hydrogen) atoms. The highest BCUT2D eigenvalue weighted by Gasteiger charge is 2.32. The topological polar surface area (TPSA) is 107 Å². The Morgan fingerprint density at radius 1 is 1.09 bits per heavy atom. The Balaban J connectivity index is 1.65. The van der Waals surface area contributed by atoms with Crippen LogP contribution in [0.3, 0.4) is 0 Å². The van der Waals surface area contributed by atoms with Crippen molar-refractivity contribution in [1.82, 2.24) is 5.32 Å². The van der Waals surface area contributed by atoms with Crippen molar-refractivity contribution in [2.45, 2.75) is 17.1 Å². The van der Waals surface area contributed by atoms with Gasteiger partial charge in [0.1, 0.15) is 28.0 Å². The summed E-state index contributed by atoms with van der Waals surface area (Å²) < 4.78 is 50.6. The first-order valence-electron chi connectivity index (χ1n) is 9.62. The standard InChI is InChI=1S/C23H18FNO6S/c1-14-11-16(8-9-18(14)24)32(28,29)21(20-7-4-10-30-20)13-25-22(26)17-12-15-5-2-3-6-19(15)31-23(17)27/h2-12,21H,13H2,1H3,(H,25,26)/t21-/m0/s1. The summed E-state index contributed by atoms with van der Waals surface area (Å²) in [5, 5.41) is 1.74. The summed E-state index contributed by atoms with van der Waals surface area (Å²) in [5.74, 6) is -1.22. The van der Waals surface area contributed by atoms with Crippen molar-refractivity contribution in [3.63, 3.8) is 0 Å². The maximum Gasteiger partial charge on any atom is 0.349 e. The molecular formula is C23H18FNO6S. The molecule has 1 N–H and O–H groups in total. The van der Waals surface area contributed by atoms with E-state index in [-0.39, 0.29) is 28.3 Å². The SMILES string of the molecule is Cc1cc(S(=O)(=O)[C@@H](CNC(=O)c2cc3ccccc3oc2=O)c2ccco2)ccc1F. The van der Waals surface area contributed by atoms with Gasteiger partial charge in [-0.15, -0.1) is 0 Å². The highest BCUT2D eigenvalue weighted by Crippen LogP contribution is 2.30. The van der Waals surface area contributed by atoms with E-state index in [1.54, 1.807) is 24.3 Å². The lowest BCUT2D eigenvalue weighted by Crippen LogP contribution is -2.34. The van der Waals surface area contributed by atoms with Gasteiger partial charge in [-0.1, -0.05) is 18.2 Å². The molecule has 4 aromatic rings. The van der Waals surface area contributed by atoms with Crippen LogP contribution in [0, 0.1) is 12.7 Å². The molecule has 0 bridgehead atoms. The third kappa shape index (κ3) is 4.06. The van der Waals surface area contributed by atoms with Crippen LogP contribution in [0.5, 0.6) is 0 Å². The van der Waals surface area contributed by atoms with Crippen LogP contribution in [0.2, 0.25) is 0 Å². The maximum absolute atomic E-state index is 13.6. The van der Waals surface area contributed by atoms with Crippen LogP contribution in [0.15, 0.2) is 85.5 Å². The van der Waals surface area contributed by atoms with E-state index >= 15 is 0 Å². The molecule has 7 nitrogen and oxygen atoms in total. The number of benzene rings is 2. The highest BCUT2D eigenvalue weighted by molar-refractivity contribution is 7.91. The molecule has 1 atom stereocenters. The van der Waals surface area contributed by atoms with Gasteiger partial charge in [0.15, 0.2) is 9.84 Å². The lowest BCUT2D eigenvalue weighted by Gasteiger charge is -2.17. The molecule has 0 unspecified atom stereocenters. The van der Waals surface area contributed by atoms with E-state index in [1.165, 1.54) is 37.5 Å². The summed E-state index contributed by atoms with van der Waals surface area (Å²) in [6.45, 7) is 1.08. The third-order valence-electron chi connectivity index (χ3n) is 5.03. The van der Waals surface area contributed by atoms with Crippen LogP contribution in [-0.4, -0.2) is 20.9 Å². The minimum absolute atomic E-state index is 0.0952. The van der Waals surface area contributed by atoms with Crippen molar-refractivity contribution in [3.8, 4) is 0 Å². The fourth-order valence-electron chi connectivity index (χ4n) is 3.30. The summed E-state index contributed by atoms with van der Waals surface area (Å²) >= 11 is 0. The second-order valence-electron chi connectivity index (χ2n) is 7.16. The second kappa shape index (κ2) is 8.43. The number of hydrogen-bond donors (Lipinski definition) is 1. The van der Waals surface area contributed by atoms with Crippen LogP contribution >= 0.6 is 0 Å². The fraction of sp³-hybridized carbons (Fsp3) is 0.130. The summed E-state index contributed by atoms with van der Waals surface area (Å²) in [4.78, 5) is 24.8. The van der Waals surface area contributed by atoms with Crippen molar-refractivity contribution in [1.29, 1.82) is 0 Å². The Bertz CT molecular complexity index is 1460. The van der Waals surface area contributed by atoms with E-state index in [2.05, 4.69) is 5.32 Å². The van der Waals surface area contributed by atoms with E-state index in [4.69, 9.17) is 8.83 Å². The van der Waals surface area contributed by atoms with Gasteiger partial charge in [-0.2, -0.15) is 0 Å². The fourth-order valence-corrected chi connectivity index (χ4v) is 4.97. The lowest BCUT2D eigenvalue weighted by atomic mass is 10.2. The van der Waals surface area contributed by atoms with Crippen LogP contribution in [0.25, 0.3) is 11.0 Å². The zero-order valence-corrected chi connectivity index (χ0v) is 17.7.